The summed E-state index contributed by atoms with van der Waals surface area (Å²) in [5.41, 5.74) is 8.93. The normalized spacial score (nSPS) is 10.7. The zero-order valence-corrected chi connectivity index (χ0v) is 10.1. The van der Waals surface area contributed by atoms with Crippen molar-refractivity contribution in [1.82, 2.24) is 14.8 Å². The van der Waals surface area contributed by atoms with Crippen molar-refractivity contribution in [3.05, 3.63) is 30.2 Å². The number of nitrogens with zero attached hydrogens (tertiary/aromatic N) is 3. The lowest BCUT2D eigenvalue weighted by Crippen LogP contribution is -1.98. The molecule has 0 atom stereocenters. The molecule has 0 saturated carbocycles. The number of nitrogen functional groups attached to an aromatic ring is 1. The van der Waals surface area contributed by atoms with Crippen LogP contribution in [0, 0.1) is 0 Å². The van der Waals surface area contributed by atoms with Crippen molar-refractivity contribution >= 4 is 5.82 Å². The van der Waals surface area contributed by atoms with Crippen molar-refractivity contribution in [3.8, 4) is 11.1 Å². The van der Waals surface area contributed by atoms with E-state index in [-0.39, 0.29) is 0 Å². The summed E-state index contributed by atoms with van der Waals surface area (Å²) in [5, 5.41) is 4.41. The van der Waals surface area contributed by atoms with Gasteiger partial charge in [0.05, 0.1) is 12.3 Å². The Bertz CT molecular complexity index is 493. The molecule has 0 radical (unpaired) electrons. The summed E-state index contributed by atoms with van der Waals surface area (Å²) >= 11 is 0. The fourth-order valence-electron chi connectivity index (χ4n) is 1.79. The molecule has 90 valence electrons. The van der Waals surface area contributed by atoms with Crippen LogP contribution in [0.15, 0.2) is 24.5 Å². The second kappa shape index (κ2) is 4.97. The monoisotopic (exact) mass is 232 g/mol. The number of pyridine rings is 1. The Morgan fingerprint density at radius 3 is 2.94 bits per heavy atom. The molecule has 0 amide bonds. The number of methoxy groups -OCH3 is 1. The lowest BCUT2D eigenvalue weighted by molar-refractivity contribution is 0.201. The summed E-state index contributed by atoms with van der Waals surface area (Å²) in [6.45, 7) is 0.629. The lowest BCUT2D eigenvalue weighted by Gasteiger charge is -2.03. The number of anilines is 1. The topological polar surface area (TPSA) is 66.0 Å². The molecule has 2 aromatic heterocycles. The maximum absolute atomic E-state index is 6.04. The van der Waals surface area contributed by atoms with Gasteiger partial charge in [0.25, 0.3) is 0 Å². The highest BCUT2D eigenvalue weighted by Gasteiger charge is 2.15. The number of aryl methyl sites for hydroxylation is 1. The molecule has 0 aromatic carbocycles. The van der Waals surface area contributed by atoms with Crippen LogP contribution >= 0.6 is 0 Å². The van der Waals surface area contributed by atoms with E-state index in [0.717, 1.165) is 23.2 Å². The fourth-order valence-corrected chi connectivity index (χ4v) is 1.79. The van der Waals surface area contributed by atoms with Crippen molar-refractivity contribution in [2.24, 2.45) is 7.05 Å². The quantitative estimate of drug-likeness (QED) is 0.861. The SMILES string of the molecule is COCCc1nn(C)c(N)c1-c1cccnc1. The Hall–Kier alpha value is -1.88. The predicted octanol–water partition coefficient (Wildman–Crippen LogP) is 1.25. The molecule has 2 N–H and O–H groups in total. The van der Waals surface area contributed by atoms with Gasteiger partial charge in [-0.2, -0.15) is 5.10 Å². The molecule has 0 aliphatic rings. The predicted molar refractivity (Wildman–Crippen MR) is 66.4 cm³/mol. The van der Waals surface area contributed by atoms with Crippen LogP contribution in [-0.2, 0) is 18.2 Å². The summed E-state index contributed by atoms with van der Waals surface area (Å²) in [6.07, 6.45) is 4.28. The minimum absolute atomic E-state index is 0.629. The van der Waals surface area contributed by atoms with Gasteiger partial charge in [-0.15, -0.1) is 0 Å². The first-order valence-corrected chi connectivity index (χ1v) is 5.44. The molecule has 5 heteroatoms. The van der Waals surface area contributed by atoms with Crippen molar-refractivity contribution in [2.45, 2.75) is 6.42 Å². The minimum Gasteiger partial charge on any atom is -0.384 e. The summed E-state index contributed by atoms with van der Waals surface area (Å²) < 4.78 is 6.77. The van der Waals surface area contributed by atoms with Crippen molar-refractivity contribution in [3.63, 3.8) is 0 Å². The molecule has 17 heavy (non-hydrogen) atoms. The first kappa shape index (κ1) is 11.6. The fraction of sp³-hybridized carbons (Fsp3) is 0.333. The molecule has 0 unspecified atom stereocenters. The number of hydrogen-bond donors (Lipinski definition) is 1. The maximum atomic E-state index is 6.04. The molecule has 0 aliphatic carbocycles. The van der Waals surface area contributed by atoms with Crippen LogP contribution in [-0.4, -0.2) is 28.5 Å². The highest BCUT2D eigenvalue weighted by atomic mass is 16.5. The van der Waals surface area contributed by atoms with Crippen LogP contribution in [0.5, 0.6) is 0 Å². The molecular weight excluding hydrogens is 216 g/mol. The third kappa shape index (κ3) is 2.29. The minimum atomic E-state index is 0.629. The Morgan fingerprint density at radius 2 is 2.29 bits per heavy atom. The maximum Gasteiger partial charge on any atom is 0.129 e. The van der Waals surface area contributed by atoms with E-state index in [2.05, 4.69) is 10.1 Å². The Morgan fingerprint density at radius 1 is 1.47 bits per heavy atom. The van der Waals surface area contributed by atoms with Gasteiger partial charge >= 0.3 is 0 Å². The molecule has 0 fully saturated rings. The molecule has 0 spiro atoms. The summed E-state index contributed by atoms with van der Waals surface area (Å²) in [7, 11) is 3.52. The van der Waals surface area contributed by atoms with Crippen molar-refractivity contribution in [1.29, 1.82) is 0 Å². The first-order valence-electron chi connectivity index (χ1n) is 5.44. The van der Waals surface area contributed by atoms with Gasteiger partial charge in [0.1, 0.15) is 5.82 Å². The van der Waals surface area contributed by atoms with Gasteiger partial charge in [0.15, 0.2) is 0 Å². The molecule has 2 aromatic rings. The zero-order valence-electron chi connectivity index (χ0n) is 10.1. The molecule has 2 rings (SSSR count). The average Bonchev–Trinajstić information content (AvgIpc) is 2.64. The third-order valence-electron chi connectivity index (χ3n) is 2.66. The van der Waals surface area contributed by atoms with Gasteiger partial charge < -0.3 is 10.5 Å². The Kier molecular flexibility index (Phi) is 3.39. The largest absolute Gasteiger partial charge is 0.384 e. The van der Waals surface area contributed by atoms with Crippen molar-refractivity contribution in [2.75, 3.05) is 19.5 Å². The summed E-state index contributed by atoms with van der Waals surface area (Å²) in [5.74, 6) is 0.657. The van der Waals surface area contributed by atoms with E-state index >= 15 is 0 Å². The zero-order chi connectivity index (χ0) is 12.3. The van der Waals surface area contributed by atoms with Crippen LogP contribution in [0.25, 0.3) is 11.1 Å². The molecule has 5 nitrogen and oxygen atoms in total. The van der Waals surface area contributed by atoms with E-state index < -0.39 is 0 Å². The second-order valence-electron chi connectivity index (χ2n) is 3.82. The number of hydrogen-bond acceptors (Lipinski definition) is 4. The summed E-state index contributed by atoms with van der Waals surface area (Å²) in [6, 6.07) is 3.87. The second-order valence-corrected chi connectivity index (χ2v) is 3.82. The van der Waals surface area contributed by atoms with Crippen LogP contribution in [0.2, 0.25) is 0 Å². The van der Waals surface area contributed by atoms with Gasteiger partial charge in [-0.25, -0.2) is 0 Å². The highest BCUT2D eigenvalue weighted by Crippen LogP contribution is 2.28. The van der Waals surface area contributed by atoms with E-state index in [1.807, 2.05) is 19.2 Å². The van der Waals surface area contributed by atoms with Crippen LogP contribution in [0.4, 0.5) is 5.82 Å². The third-order valence-corrected chi connectivity index (χ3v) is 2.66. The van der Waals surface area contributed by atoms with Gasteiger partial charge in [-0.05, 0) is 6.07 Å². The van der Waals surface area contributed by atoms with E-state index in [0.29, 0.717) is 12.4 Å². The number of ether oxygens (including phenoxy) is 1. The highest BCUT2D eigenvalue weighted by molar-refractivity contribution is 5.76. The van der Waals surface area contributed by atoms with Gasteiger partial charge in [0, 0.05) is 44.1 Å². The average molecular weight is 232 g/mol. The number of rotatable bonds is 4. The molecule has 2 heterocycles. The Labute approximate surface area is 100 Å². The standard InChI is InChI=1S/C12H16N4O/c1-16-12(13)11(9-4-3-6-14-8-9)10(15-16)5-7-17-2/h3-4,6,8H,5,7,13H2,1-2H3. The van der Waals surface area contributed by atoms with E-state index in [9.17, 15) is 0 Å². The smallest absolute Gasteiger partial charge is 0.129 e. The Balaban J connectivity index is 2.44. The molecule has 0 aliphatic heterocycles. The number of aromatic nitrogens is 3. The van der Waals surface area contributed by atoms with E-state index in [1.54, 1.807) is 24.2 Å². The lowest BCUT2D eigenvalue weighted by atomic mass is 10.1. The van der Waals surface area contributed by atoms with Crippen LogP contribution < -0.4 is 5.73 Å². The first-order chi connectivity index (χ1) is 8.24. The molecule has 0 bridgehead atoms. The van der Waals surface area contributed by atoms with Crippen LogP contribution in [0.3, 0.4) is 0 Å². The van der Waals surface area contributed by atoms with Crippen LogP contribution in [0.1, 0.15) is 5.69 Å². The van der Waals surface area contributed by atoms with Gasteiger partial charge in [-0.3, -0.25) is 9.67 Å². The molecule has 0 saturated heterocycles. The van der Waals surface area contributed by atoms with E-state index in [4.69, 9.17) is 10.5 Å². The van der Waals surface area contributed by atoms with Gasteiger partial charge in [-0.1, -0.05) is 6.07 Å². The van der Waals surface area contributed by atoms with E-state index in [1.165, 1.54) is 0 Å². The number of nitrogens with two attached hydrogens (primary N) is 1. The molecular formula is C12H16N4O. The van der Waals surface area contributed by atoms with Gasteiger partial charge in [0.2, 0.25) is 0 Å². The van der Waals surface area contributed by atoms with Crippen molar-refractivity contribution < 1.29 is 4.74 Å². The summed E-state index contributed by atoms with van der Waals surface area (Å²) in [4.78, 5) is 4.11.